The molecule has 1 fully saturated rings. The quantitative estimate of drug-likeness (QED) is 0.516. The van der Waals surface area contributed by atoms with Crippen LogP contribution in [-0.4, -0.2) is 24.0 Å². The van der Waals surface area contributed by atoms with Gasteiger partial charge in [-0.05, 0) is 68.6 Å². The number of rotatable bonds is 6. The summed E-state index contributed by atoms with van der Waals surface area (Å²) < 4.78 is 6.07. The van der Waals surface area contributed by atoms with Gasteiger partial charge in [0.1, 0.15) is 11.5 Å². The van der Waals surface area contributed by atoms with E-state index in [4.69, 9.17) is 4.74 Å². The Morgan fingerprint density at radius 2 is 1.87 bits per heavy atom. The first-order valence-electron chi connectivity index (χ1n) is 9.90. The van der Waals surface area contributed by atoms with Gasteiger partial charge in [0.05, 0.1) is 5.52 Å². The average molecular weight is 448 g/mol. The largest absolute Gasteiger partial charge is 0.457 e. The third-order valence-electron chi connectivity index (χ3n) is 5.19. The molecular formula is C23H27Cl2N3O2. The van der Waals surface area contributed by atoms with Crippen molar-refractivity contribution in [1.82, 2.24) is 10.3 Å². The highest BCUT2D eigenvalue weighted by Gasteiger charge is 2.14. The monoisotopic (exact) mass is 447 g/mol. The molecule has 5 nitrogen and oxygen atoms in total. The first-order valence-corrected chi connectivity index (χ1v) is 9.90. The van der Waals surface area contributed by atoms with Gasteiger partial charge in [-0.3, -0.25) is 9.78 Å². The lowest BCUT2D eigenvalue weighted by molar-refractivity contribution is -0.116. The molecule has 0 atom stereocenters. The van der Waals surface area contributed by atoms with E-state index in [2.05, 4.69) is 15.6 Å². The number of benzene rings is 2. The molecule has 1 amide bonds. The molecule has 2 heterocycles. The van der Waals surface area contributed by atoms with E-state index in [-0.39, 0.29) is 30.7 Å². The van der Waals surface area contributed by atoms with Crippen LogP contribution in [0, 0.1) is 5.92 Å². The summed E-state index contributed by atoms with van der Waals surface area (Å²) in [5, 5.41) is 7.32. The lowest BCUT2D eigenvalue weighted by Gasteiger charge is -2.22. The predicted octanol–water partition coefficient (Wildman–Crippen LogP) is 5.59. The van der Waals surface area contributed by atoms with Gasteiger partial charge in [-0.1, -0.05) is 18.2 Å². The average Bonchev–Trinajstić information content (AvgIpc) is 2.74. The number of ether oxygens (including phenoxy) is 1. The first-order chi connectivity index (χ1) is 13.8. The number of anilines is 1. The maximum atomic E-state index is 12.3. The summed E-state index contributed by atoms with van der Waals surface area (Å²) >= 11 is 0. The van der Waals surface area contributed by atoms with E-state index in [1.807, 2.05) is 54.6 Å². The zero-order valence-corrected chi connectivity index (χ0v) is 18.3. The first kappa shape index (κ1) is 23.9. The van der Waals surface area contributed by atoms with Crippen LogP contribution in [0.1, 0.15) is 25.7 Å². The molecule has 160 valence electrons. The number of aromatic nitrogens is 1. The molecule has 0 bridgehead atoms. The highest BCUT2D eigenvalue weighted by atomic mass is 35.5. The Bertz CT molecular complexity index is 957. The molecule has 1 saturated heterocycles. The van der Waals surface area contributed by atoms with E-state index < -0.39 is 0 Å². The third-order valence-corrected chi connectivity index (χ3v) is 5.19. The number of piperidine rings is 1. The van der Waals surface area contributed by atoms with Gasteiger partial charge >= 0.3 is 0 Å². The zero-order valence-electron chi connectivity index (χ0n) is 16.7. The Morgan fingerprint density at radius 3 is 2.70 bits per heavy atom. The van der Waals surface area contributed by atoms with Crippen LogP contribution >= 0.6 is 24.8 Å². The van der Waals surface area contributed by atoms with Crippen molar-refractivity contribution < 1.29 is 9.53 Å². The van der Waals surface area contributed by atoms with E-state index in [0.717, 1.165) is 54.7 Å². The molecule has 3 aromatic rings. The minimum Gasteiger partial charge on any atom is -0.457 e. The highest BCUT2D eigenvalue weighted by Crippen LogP contribution is 2.30. The van der Waals surface area contributed by atoms with Crippen molar-refractivity contribution in [3.63, 3.8) is 0 Å². The molecular weight excluding hydrogens is 421 g/mol. The van der Waals surface area contributed by atoms with Crippen molar-refractivity contribution in [2.45, 2.75) is 25.7 Å². The molecule has 0 saturated carbocycles. The van der Waals surface area contributed by atoms with Gasteiger partial charge < -0.3 is 15.4 Å². The van der Waals surface area contributed by atoms with Crippen LogP contribution in [0.25, 0.3) is 10.9 Å². The topological polar surface area (TPSA) is 63.2 Å². The number of carbonyl (C=O) groups excluding carboxylic acids is 1. The zero-order chi connectivity index (χ0) is 19.2. The highest BCUT2D eigenvalue weighted by molar-refractivity contribution is 5.91. The van der Waals surface area contributed by atoms with Crippen LogP contribution < -0.4 is 15.4 Å². The minimum atomic E-state index is 0. The Labute approximate surface area is 189 Å². The molecule has 1 aliphatic rings. The van der Waals surface area contributed by atoms with Gasteiger partial charge in [-0.15, -0.1) is 24.8 Å². The second-order valence-electron chi connectivity index (χ2n) is 7.24. The number of amides is 1. The molecule has 0 aliphatic carbocycles. The van der Waals surface area contributed by atoms with Crippen LogP contribution in [0.2, 0.25) is 0 Å². The maximum Gasteiger partial charge on any atom is 0.224 e. The number of nitrogens with zero attached hydrogens (tertiary/aromatic N) is 1. The molecule has 0 unspecified atom stereocenters. The van der Waals surface area contributed by atoms with E-state index in [1.54, 1.807) is 6.20 Å². The second kappa shape index (κ2) is 11.7. The number of hydrogen-bond donors (Lipinski definition) is 2. The summed E-state index contributed by atoms with van der Waals surface area (Å²) in [5.74, 6) is 2.15. The van der Waals surface area contributed by atoms with Crippen LogP contribution in [0.15, 0.2) is 60.8 Å². The third kappa shape index (κ3) is 6.33. The van der Waals surface area contributed by atoms with Crippen LogP contribution in [0.3, 0.4) is 0 Å². The van der Waals surface area contributed by atoms with Crippen molar-refractivity contribution in [2.75, 3.05) is 18.4 Å². The van der Waals surface area contributed by atoms with Gasteiger partial charge in [0.2, 0.25) is 5.91 Å². The van der Waals surface area contributed by atoms with Crippen LogP contribution in [0.4, 0.5) is 5.69 Å². The molecule has 1 aliphatic heterocycles. The lowest BCUT2D eigenvalue weighted by Crippen LogP contribution is -2.28. The Hall–Kier alpha value is -2.34. The maximum absolute atomic E-state index is 12.3. The lowest BCUT2D eigenvalue weighted by atomic mass is 9.93. The number of nitrogens with one attached hydrogen (secondary N) is 2. The Morgan fingerprint density at radius 1 is 1.07 bits per heavy atom. The van der Waals surface area contributed by atoms with E-state index in [0.29, 0.717) is 18.1 Å². The molecule has 30 heavy (non-hydrogen) atoms. The smallest absolute Gasteiger partial charge is 0.224 e. The summed E-state index contributed by atoms with van der Waals surface area (Å²) in [6, 6.07) is 17.3. The number of pyridine rings is 1. The molecule has 2 aromatic carbocycles. The molecule has 7 heteroatoms. The summed E-state index contributed by atoms with van der Waals surface area (Å²) in [4.78, 5) is 16.7. The normalized spacial score (nSPS) is 13.7. The van der Waals surface area contributed by atoms with Crippen molar-refractivity contribution in [3.8, 4) is 11.5 Å². The van der Waals surface area contributed by atoms with E-state index >= 15 is 0 Å². The summed E-state index contributed by atoms with van der Waals surface area (Å²) in [7, 11) is 0. The van der Waals surface area contributed by atoms with Crippen molar-refractivity contribution in [2.24, 2.45) is 5.92 Å². The van der Waals surface area contributed by atoms with E-state index in [9.17, 15) is 4.79 Å². The second-order valence-corrected chi connectivity index (χ2v) is 7.24. The van der Waals surface area contributed by atoms with Crippen LogP contribution in [-0.2, 0) is 4.79 Å². The van der Waals surface area contributed by atoms with Crippen LogP contribution in [0.5, 0.6) is 11.5 Å². The SMILES string of the molecule is Cl.Cl.O=C(CCC1CCNCC1)Nc1cccc(Oc2ccnc3ccccc23)c1. The fraction of sp³-hybridized carbons (Fsp3) is 0.304. The molecule has 1 aromatic heterocycles. The fourth-order valence-electron chi connectivity index (χ4n) is 3.65. The number of fused-ring (bicyclic) bond motifs is 1. The van der Waals surface area contributed by atoms with E-state index in [1.165, 1.54) is 0 Å². The Kier molecular flexibility index (Phi) is 9.37. The van der Waals surface area contributed by atoms with Gasteiger partial charge in [-0.25, -0.2) is 0 Å². The van der Waals surface area contributed by atoms with Crippen molar-refractivity contribution >= 4 is 47.3 Å². The van der Waals surface area contributed by atoms with Gasteiger partial charge in [0, 0.05) is 29.8 Å². The fourth-order valence-corrected chi connectivity index (χ4v) is 3.65. The number of carbonyl (C=O) groups is 1. The predicted molar refractivity (Wildman–Crippen MR) is 126 cm³/mol. The number of para-hydroxylation sites is 1. The van der Waals surface area contributed by atoms with Crippen molar-refractivity contribution in [3.05, 3.63) is 60.8 Å². The van der Waals surface area contributed by atoms with Gasteiger partial charge in [0.15, 0.2) is 0 Å². The standard InChI is InChI=1S/C23H25N3O2.2ClH/c27-23(9-8-17-10-13-24-14-11-17)26-18-4-3-5-19(16-18)28-22-12-15-25-21-7-2-1-6-20(21)22;;/h1-7,12,15-17,24H,8-11,13-14H2,(H,26,27);2*1H. The molecule has 0 radical (unpaired) electrons. The Balaban J connectivity index is 0.00000160. The van der Waals surface area contributed by atoms with Gasteiger partial charge in [0.25, 0.3) is 0 Å². The summed E-state index contributed by atoms with van der Waals surface area (Å²) in [6.07, 6.45) is 5.58. The number of hydrogen-bond acceptors (Lipinski definition) is 4. The summed E-state index contributed by atoms with van der Waals surface area (Å²) in [6.45, 7) is 2.13. The van der Waals surface area contributed by atoms with Gasteiger partial charge in [-0.2, -0.15) is 0 Å². The molecule has 2 N–H and O–H groups in total. The molecule has 0 spiro atoms. The van der Waals surface area contributed by atoms with Crippen molar-refractivity contribution in [1.29, 1.82) is 0 Å². The number of halogens is 2. The molecule has 4 rings (SSSR count). The summed E-state index contributed by atoms with van der Waals surface area (Å²) in [5.41, 5.74) is 1.65. The minimum absolute atomic E-state index is 0.